The number of benzene rings is 2. The van der Waals surface area contributed by atoms with E-state index in [1.165, 1.54) is 0 Å². The van der Waals surface area contributed by atoms with Crippen LogP contribution in [0.3, 0.4) is 0 Å². The summed E-state index contributed by atoms with van der Waals surface area (Å²) in [7, 11) is 1.56. The fraction of sp³-hybridized carbons (Fsp3) is 0.133. The monoisotopic (exact) mass is 399 g/mol. The molecule has 3 nitrogen and oxygen atoms in total. The smallest absolute Gasteiger partial charge is 0.175 e. The van der Waals surface area contributed by atoms with Crippen molar-refractivity contribution in [2.45, 2.75) is 6.61 Å². The van der Waals surface area contributed by atoms with Crippen molar-refractivity contribution in [3.05, 3.63) is 56.1 Å². The van der Waals surface area contributed by atoms with Crippen molar-refractivity contribution < 1.29 is 9.47 Å². The summed E-state index contributed by atoms with van der Waals surface area (Å²) in [6.45, 7) is 0.412. The van der Waals surface area contributed by atoms with Crippen LogP contribution in [-0.2, 0) is 6.61 Å². The number of rotatable bonds is 4. The van der Waals surface area contributed by atoms with Crippen LogP contribution in [0.1, 0.15) is 11.1 Å². The number of hydrogen-bond acceptors (Lipinski definition) is 3. The maximum Gasteiger partial charge on any atom is 0.175 e. The second-order valence-corrected chi connectivity index (χ2v) is 5.62. The first kappa shape index (κ1) is 14.9. The minimum atomic E-state index is 0.412. The van der Waals surface area contributed by atoms with Gasteiger partial charge in [0, 0.05) is 11.1 Å². The van der Waals surface area contributed by atoms with Crippen molar-refractivity contribution >= 4 is 34.2 Å². The maximum absolute atomic E-state index is 8.94. The van der Waals surface area contributed by atoms with Gasteiger partial charge in [-0.2, -0.15) is 5.26 Å². The Morgan fingerprint density at radius 1 is 1.25 bits per heavy atom. The summed E-state index contributed by atoms with van der Waals surface area (Å²) in [5, 5.41) is 9.64. The Morgan fingerprint density at radius 3 is 2.55 bits per heavy atom. The van der Waals surface area contributed by atoms with Crippen molar-refractivity contribution in [2.75, 3.05) is 7.11 Å². The molecule has 0 heterocycles. The zero-order chi connectivity index (χ0) is 14.5. The fourth-order valence-corrected chi connectivity index (χ4v) is 2.54. The number of hydrogen-bond donors (Lipinski definition) is 0. The molecule has 102 valence electrons. The number of halogens is 2. The molecule has 0 radical (unpaired) electrons. The molecule has 0 bridgehead atoms. The molecule has 0 aliphatic heterocycles. The Kier molecular flexibility index (Phi) is 5.10. The van der Waals surface area contributed by atoms with E-state index >= 15 is 0 Å². The fourth-order valence-electron chi connectivity index (χ4n) is 1.66. The highest BCUT2D eigenvalue weighted by Crippen LogP contribution is 2.34. The van der Waals surface area contributed by atoms with E-state index < -0.39 is 0 Å². The van der Waals surface area contributed by atoms with Crippen molar-refractivity contribution in [3.8, 4) is 17.6 Å². The summed E-state index contributed by atoms with van der Waals surface area (Å²) in [6, 6.07) is 13.0. The highest BCUT2D eigenvalue weighted by molar-refractivity contribution is 14.1. The van der Waals surface area contributed by atoms with E-state index in [0.29, 0.717) is 28.7 Å². The van der Waals surface area contributed by atoms with Gasteiger partial charge in [0.2, 0.25) is 0 Å². The standard InChI is InChI=1S/C15H11ClINO2/c1-19-14-7-11(8-18)6-13(17)15(14)20-9-10-2-4-12(16)5-3-10/h2-7H,9H2,1H3. The van der Waals surface area contributed by atoms with Crippen molar-refractivity contribution in [1.29, 1.82) is 5.26 Å². The van der Waals surface area contributed by atoms with Crippen LogP contribution in [0, 0.1) is 14.9 Å². The van der Waals surface area contributed by atoms with Gasteiger partial charge in [0.15, 0.2) is 11.5 Å². The second-order valence-electron chi connectivity index (χ2n) is 4.02. The summed E-state index contributed by atoms with van der Waals surface area (Å²) < 4.78 is 11.9. The van der Waals surface area contributed by atoms with Gasteiger partial charge in [0.25, 0.3) is 0 Å². The first-order valence-corrected chi connectivity index (χ1v) is 7.24. The predicted molar refractivity (Wildman–Crippen MR) is 86.2 cm³/mol. The Labute approximate surface area is 136 Å². The highest BCUT2D eigenvalue weighted by atomic mass is 127. The Bertz CT molecular complexity index is 650. The van der Waals surface area contributed by atoms with E-state index in [9.17, 15) is 0 Å². The lowest BCUT2D eigenvalue weighted by Gasteiger charge is -2.13. The Balaban J connectivity index is 2.21. The van der Waals surface area contributed by atoms with Gasteiger partial charge in [-0.1, -0.05) is 23.7 Å². The van der Waals surface area contributed by atoms with Crippen LogP contribution in [-0.4, -0.2) is 7.11 Å². The van der Waals surface area contributed by atoms with Crippen LogP contribution in [0.5, 0.6) is 11.5 Å². The van der Waals surface area contributed by atoms with Gasteiger partial charge in [-0.15, -0.1) is 0 Å². The van der Waals surface area contributed by atoms with Crippen molar-refractivity contribution in [1.82, 2.24) is 0 Å². The minimum absolute atomic E-state index is 0.412. The molecular weight excluding hydrogens is 389 g/mol. The Hall–Kier alpha value is -1.45. The first-order valence-electron chi connectivity index (χ1n) is 5.79. The lowest BCUT2D eigenvalue weighted by atomic mass is 10.2. The molecule has 0 fully saturated rings. The second kappa shape index (κ2) is 6.82. The molecule has 0 aromatic heterocycles. The topological polar surface area (TPSA) is 42.2 Å². The lowest BCUT2D eigenvalue weighted by molar-refractivity contribution is 0.282. The van der Waals surface area contributed by atoms with Crippen molar-refractivity contribution in [3.63, 3.8) is 0 Å². The molecule has 0 saturated heterocycles. The molecule has 5 heteroatoms. The number of methoxy groups -OCH3 is 1. The summed E-state index contributed by atoms with van der Waals surface area (Å²) in [5.74, 6) is 1.20. The third kappa shape index (κ3) is 3.56. The molecule has 0 N–H and O–H groups in total. The normalized spacial score (nSPS) is 9.90. The molecule has 0 spiro atoms. The SMILES string of the molecule is COc1cc(C#N)cc(I)c1OCc1ccc(Cl)cc1. The summed E-state index contributed by atoms with van der Waals surface area (Å²) >= 11 is 7.97. The minimum Gasteiger partial charge on any atom is -0.493 e. The van der Waals surface area contributed by atoms with Crippen molar-refractivity contribution in [2.24, 2.45) is 0 Å². The van der Waals surface area contributed by atoms with Gasteiger partial charge in [0.05, 0.1) is 22.3 Å². The van der Waals surface area contributed by atoms with Crippen LogP contribution < -0.4 is 9.47 Å². The van der Waals surface area contributed by atoms with Crippen LogP contribution in [0.15, 0.2) is 36.4 Å². The van der Waals surface area contributed by atoms with Crippen LogP contribution >= 0.6 is 34.2 Å². The van der Waals surface area contributed by atoms with Crippen LogP contribution in [0.2, 0.25) is 5.02 Å². The van der Waals surface area contributed by atoms with Gasteiger partial charge in [0.1, 0.15) is 6.61 Å². The number of nitrogens with zero attached hydrogens (tertiary/aromatic N) is 1. The summed E-state index contributed by atoms with van der Waals surface area (Å²) in [6.07, 6.45) is 0. The number of ether oxygens (including phenoxy) is 2. The molecule has 0 aliphatic rings. The molecule has 0 aliphatic carbocycles. The lowest BCUT2D eigenvalue weighted by Crippen LogP contribution is -2.00. The molecule has 0 atom stereocenters. The molecule has 0 amide bonds. The zero-order valence-electron chi connectivity index (χ0n) is 10.7. The third-order valence-corrected chi connectivity index (χ3v) is 3.71. The van der Waals surface area contributed by atoms with Gasteiger partial charge in [-0.05, 0) is 46.4 Å². The average Bonchev–Trinajstić information content (AvgIpc) is 2.47. The Morgan fingerprint density at radius 2 is 1.95 bits per heavy atom. The summed E-state index contributed by atoms with van der Waals surface area (Å²) in [5.41, 5.74) is 1.56. The van der Waals surface area contributed by atoms with E-state index in [2.05, 4.69) is 28.7 Å². The van der Waals surface area contributed by atoms with E-state index in [1.807, 2.05) is 24.3 Å². The zero-order valence-corrected chi connectivity index (χ0v) is 13.6. The molecular formula is C15H11ClINO2. The molecule has 0 unspecified atom stereocenters. The van der Waals surface area contributed by atoms with Gasteiger partial charge < -0.3 is 9.47 Å². The maximum atomic E-state index is 8.94. The van der Waals surface area contributed by atoms with Gasteiger partial charge in [-0.3, -0.25) is 0 Å². The first-order chi connectivity index (χ1) is 9.63. The quantitative estimate of drug-likeness (QED) is 0.716. The highest BCUT2D eigenvalue weighted by Gasteiger charge is 2.11. The number of nitriles is 1. The van der Waals surface area contributed by atoms with Crippen LogP contribution in [0.25, 0.3) is 0 Å². The average molecular weight is 400 g/mol. The van der Waals surface area contributed by atoms with E-state index in [0.717, 1.165) is 9.13 Å². The van der Waals surface area contributed by atoms with E-state index in [4.69, 9.17) is 26.3 Å². The predicted octanol–water partition coefficient (Wildman–Crippen LogP) is 4.40. The largest absolute Gasteiger partial charge is 0.493 e. The van der Waals surface area contributed by atoms with E-state index in [1.54, 1.807) is 19.2 Å². The third-order valence-electron chi connectivity index (χ3n) is 2.65. The molecule has 0 saturated carbocycles. The summed E-state index contributed by atoms with van der Waals surface area (Å²) in [4.78, 5) is 0. The molecule has 2 rings (SSSR count). The van der Waals surface area contributed by atoms with Gasteiger partial charge >= 0.3 is 0 Å². The molecule has 2 aromatic rings. The molecule has 2 aromatic carbocycles. The van der Waals surface area contributed by atoms with Crippen LogP contribution in [0.4, 0.5) is 0 Å². The van der Waals surface area contributed by atoms with E-state index in [-0.39, 0.29) is 0 Å². The van der Waals surface area contributed by atoms with Gasteiger partial charge in [-0.25, -0.2) is 0 Å². The molecule has 20 heavy (non-hydrogen) atoms.